The molecule has 1 atom stereocenters. The van der Waals surface area contributed by atoms with E-state index in [9.17, 15) is 14.7 Å². The Morgan fingerprint density at radius 1 is 1.52 bits per heavy atom. The lowest BCUT2D eigenvalue weighted by Crippen LogP contribution is -2.28. The first-order valence-electron chi connectivity index (χ1n) is 8.06. The molecule has 0 spiro atoms. The average Bonchev–Trinajstić information content (AvgIpc) is 2.98. The topological polar surface area (TPSA) is 88.6 Å². The van der Waals surface area contributed by atoms with Gasteiger partial charge in [0, 0.05) is 37.4 Å². The van der Waals surface area contributed by atoms with E-state index in [0.29, 0.717) is 25.2 Å². The van der Waals surface area contributed by atoms with Gasteiger partial charge < -0.3 is 20.3 Å². The van der Waals surface area contributed by atoms with E-state index in [1.54, 1.807) is 16.4 Å². The zero-order valence-electron chi connectivity index (χ0n) is 14.0. The zero-order valence-corrected chi connectivity index (χ0v) is 14.7. The van der Waals surface area contributed by atoms with E-state index in [1.165, 1.54) is 13.1 Å². The number of benzene rings is 1. The van der Waals surface area contributed by atoms with Crippen LogP contribution in [-0.2, 0) is 6.54 Å². The van der Waals surface area contributed by atoms with Crippen LogP contribution in [0.25, 0.3) is 10.9 Å². The predicted octanol–water partition coefficient (Wildman–Crippen LogP) is 2.36. The van der Waals surface area contributed by atoms with Gasteiger partial charge in [-0.05, 0) is 20.3 Å². The summed E-state index contributed by atoms with van der Waals surface area (Å²) in [7, 11) is 0. The maximum Gasteiger partial charge on any atom is 0.341 e. The SMILES string of the molecule is CCn1cc(C(=O)O)c(=O)c2c(C)c(F)c(N3CCC(N)C3)c(Cl)c21. The Bertz CT molecular complexity index is 941. The summed E-state index contributed by atoms with van der Waals surface area (Å²) in [5.74, 6) is -1.95. The number of nitrogens with two attached hydrogens (primary N) is 1. The van der Waals surface area contributed by atoms with E-state index in [1.807, 2.05) is 0 Å². The number of hydrogen-bond donors (Lipinski definition) is 2. The van der Waals surface area contributed by atoms with Crippen LogP contribution in [0.4, 0.5) is 10.1 Å². The molecule has 1 saturated heterocycles. The lowest BCUT2D eigenvalue weighted by molar-refractivity contribution is 0.0695. The maximum absolute atomic E-state index is 15.1. The van der Waals surface area contributed by atoms with Gasteiger partial charge in [-0.25, -0.2) is 9.18 Å². The number of aryl methyl sites for hydroxylation is 2. The van der Waals surface area contributed by atoms with Gasteiger partial charge in [0.25, 0.3) is 0 Å². The molecule has 1 aliphatic heterocycles. The Balaban J connectivity index is 2.43. The van der Waals surface area contributed by atoms with Crippen molar-refractivity contribution in [1.29, 1.82) is 0 Å². The fourth-order valence-corrected chi connectivity index (χ4v) is 3.82. The number of aromatic nitrogens is 1. The molecule has 0 radical (unpaired) electrons. The molecule has 3 rings (SSSR count). The molecule has 1 aromatic heterocycles. The lowest BCUT2D eigenvalue weighted by atomic mass is 10.0. The van der Waals surface area contributed by atoms with Gasteiger partial charge >= 0.3 is 5.97 Å². The highest BCUT2D eigenvalue weighted by Gasteiger charge is 2.29. The Morgan fingerprint density at radius 2 is 2.20 bits per heavy atom. The number of aromatic carboxylic acids is 1. The van der Waals surface area contributed by atoms with E-state index in [4.69, 9.17) is 17.3 Å². The molecule has 25 heavy (non-hydrogen) atoms. The van der Waals surface area contributed by atoms with Crippen LogP contribution in [0.3, 0.4) is 0 Å². The Hall–Kier alpha value is -2.12. The summed E-state index contributed by atoms with van der Waals surface area (Å²) in [5, 5.41) is 9.39. The van der Waals surface area contributed by atoms with Crippen LogP contribution in [-0.4, -0.2) is 34.8 Å². The predicted molar refractivity (Wildman–Crippen MR) is 95.4 cm³/mol. The minimum Gasteiger partial charge on any atom is -0.477 e. The lowest BCUT2D eigenvalue weighted by Gasteiger charge is -2.24. The summed E-state index contributed by atoms with van der Waals surface area (Å²) < 4.78 is 16.6. The zero-order chi connectivity index (χ0) is 18.5. The van der Waals surface area contributed by atoms with Crippen LogP contribution >= 0.6 is 11.6 Å². The molecular weight excluding hydrogens is 349 g/mol. The Kier molecular flexibility index (Phi) is 4.47. The second-order valence-corrected chi connectivity index (χ2v) is 6.66. The first kappa shape index (κ1) is 17.7. The third kappa shape index (κ3) is 2.67. The normalized spacial score (nSPS) is 17.5. The van der Waals surface area contributed by atoms with Crippen molar-refractivity contribution in [3.63, 3.8) is 0 Å². The van der Waals surface area contributed by atoms with E-state index in [0.717, 1.165) is 6.42 Å². The van der Waals surface area contributed by atoms with Gasteiger partial charge in [0.05, 0.1) is 21.6 Å². The maximum atomic E-state index is 15.1. The highest BCUT2D eigenvalue weighted by Crippen LogP contribution is 2.39. The summed E-state index contributed by atoms with van der Waals surface area (Å²) in [6, 6.07) is -0.0609. The molecule has 8 heteroatoms. The molecule has 1 unspecified atom stereocenters. The van der Waals surface area contributed by atoms with Crippen LogP contribution in [0, 0.1) is 12.7 Å². The molecular formula is C17H19ClFN3O3. The van der Waals surface area contributed by atoms with Crippen LogP contribution in [0.15, 0.2) is 11.0 Å². The largest absolute Gasteiger partial charge is 0.477 e. The standard InChI is InChI=1S/C17H19ClFN3O3/c1-3-21-7-10(17(24)25)16(23)11-8(2)13(19)15(12(18)14(11)21)22-5-4-9(20)6-22/h7,9H,3-6,20H2,1-2H3,(H,24,25). The third-order valence-corrected chi connectivity index (χ3v) is 5.08. The summed E-state index contributed by atoms with van der Waals surface area (Å²) in [5.41, 5.74) is 5.48. The highest BCUT2D eigenvalue weighted by atomic mass is 35.5. The van der Waals surface area contributed by atoms with Gasteiger partial charge in [0.2, 0.25) is 5.43 Å². The number of anilines is 1. The highest BCUT2D eigenvalue weighted by molar-refractivity contribution is 6.38. The van der Waals surface area contributed by atoms with Crippen molar-refractivity contribution in [2.24, 2.45) is 5.73 Å². The Morgan fingerprint density at radius 3 is 2.72 bits per heavy atom. The first-order valence-corrected chi connectivity index (χ1v) is 8.44. The van der Waals surface area contributed by atoms with Gasteiger partial charge in [0.1, 0.15) is 5.56 Å². The van der Waals surface area contributed by atoms with E-state index in [-0.39, 0.29) is 27.7 Å². The van der Waals surface area contributed by atoms with Crippen LogP contribution < -0.4 is 16.1 Å². The van der Waals surface area contributed by atoms with Gasteiger partial charge in [-0.2, -0.15) is 0 Å². The minimum atomic E-state index is -1.35. The van der Waals surface area contributed by atoms with Crippen LogP contribution in [0.5, 0.6) is 0 Å². The monoisotopic (exact) mass is 367 g/mol. The second-order valence-electron chi connectivity index (χ2n) is 6.28. The smallest absolute Gasteiger partial charge is 0.341 e. The molecule has 0 saturated carbocycles. The number of carboxylic acid groups (broad SMARTS) is 1. The molecule has 3 N–H and O–H groups in total. The number of carbonyl (C=O) groups is 1. The molecule has 2 aromatic rings. The number of pyridine rings is 1. The molecule has 2 heterocycles. The van der Waals surface area contributed by atoms with Gasteiger partial charge in [-0.1, -0.05) is 11.6 Å². The molecule has 6 nitrogen and oxygen atoms in total. The third-order valence-electron chi connectivity index (χ3n) is 4.72. The molecule has 0 aliphatic carbocycles. The molecule has 1 aromatic carbocycles. The molecule has 1 fully saturated rings. The number of rotatable bonds is 3. The quantitative estimate of drug-likeness (QED) is 0.869. The van der Waals surface area contributed by atoms with Crippen molar-refractivity contribution in [1.82, 2.24) is 4.57 Å². The summed E-state index contributed by atoms with van der Waals surface area (Å²) in [6.07, 6.45) is 1.99. The summed E-state index contributed by atoms with van der Waals surface area (Å²) in [4.78, 5) is 25.7. The van der Waals surface area contributed by atoms with Crippen molar-refractivity contribution >= 4 is 34.2 Å². The summed E-state index contributed by atoms with van der Waals surface area (Å²) in [6.45, 7) is 4.72. The van der Waals surface area contributed by atoms with E-state index in [2.05, 4.69) is 0 Å². The van der Waals surface area contributed by atoms with Crippen molar-refractivity contribution < 1.29 is 14.3 Å². The first-order chi connectivity index (χ1) is 11.8. The number of carboxylic acids is 1. The summed E-state index contributed by atoms with van der Waals surface area (Å²) >= 11 is 6.50. The second kappa shape index (κ2) is 6.31. The van der Waals surface area contributed by atoms with Gasteiger partial charge in [0.15, 0.2) is 5.82 Å². The van der Waals surface area contributed by atoms with Crippen molar-refractivity contribution in [3.05, 3.63) is 38.4 Å². The van der Waals surface area contributed by atoms with Crippen molar-refractivity contribution in [2.75, 3.05) is 18.0 Å². The Labute approximate surface area is 148 Å². The minimum absolute atomic E-state index is 0.0106. The molecule has 0 bridgehead atoms. The van der Waals surface area contributed by atoms with Crippen LogP contribution in [0.2, 0.25) is 5.02 Å². The number of nitrogens with zero attached hydrogens (tertiary/aromatic N) is 2. The van der Waals surface area contributed by atoms with Crippen molar-refractivity contribution in [3.8, 4) is 0 Å². The van der Waals surface area contributed by atoms with E-state index >= 15 is 4.39 Å². The average molecular weight is 368 g/mol. The van der Waals surface area contributed by atoms with E-state index < -0.39 is 22.8 Å². The number of halogens is 2. The fourth-order valence-electron chi connectivity index (χ4n) is 3.41. The van der Waals surface area contributed by atoms with Crippen molar-refractivity contribution in [2.45, 2.75) is 32.9 Å². The van der Waals surface area contributed by atoms with Gasteiger partial charge in [-0.3, -0.25) is 4.79 Å². The molecule has 0 amide bonds. The number of fused-ring (bicyclic) bond motifs is 1. The van der Waals surface area contributed by atoms with Gasteiger partial charge in [-0.15, -0.1) is 0 Å². The molecule has 1 aliphatic rings. The molecule has 134 valence electrons. The number of hydrogen-bond acceptors (Lipinski definition) is 4. The van der Waals surface area contributed by atoms with Crippen LogP contribution in [0.1, 0.15) is 29.3 Å². The fraction of sp³-hybridized carbons (Fsp3) is 0.412.